The van der Waals surface area contributed by atoms with E-state index in [2.05, 4.69) is 22.8 Å². The van der Waals surface area contributed by atoms with E-state index in [1.54, 1.807) is 0 Å². The molecule has 0 fully saturated rings. The van der Waals surface area contributed by atoms with Crippen LogP contribution in [0.3, 0.4) is 0 Å². The number of benzene rings is 3. The monoisotopic (exact) mass is 360 g/mol. The van der Waals surface area contributed by atoms with Gasteiger partial charge in [0.15, 0.2) is 0 Å². The van der Waals surface area contributed by atoms with E-state index in [1.165, 1.54) is 5.56 Å². The molecule has 3 aromatic carbocycles. The molecule has 27 heavy (non-hydrogen) atoms. The highest BCUT2D eigenvalue weighted by Crippen LogP contribution is 2.24. The van der Waals surface area contributed by atoms with Crippen molar-refractivity contribution in [3.8, 4) is 5.75 Å². The second-order valence-electron chi connectivity index (χ2n) is 6.21. The van der Waals surface area contributed by atoms with Gasteiger partial charge in [-0.15, -0.1) is 0 Å². The van der Waals surface area contributed by atoms with Crippen LogP contribution in [0.25, 0.3) is 0 Å². The van der Waals surface area contributed by atoms with Gasteiger partial charge in [0.05, 0.1) is 12.2 Å². The number of amides is 1. The molecule has 0 heterocycles. The minimum atomic E-state index is -0.0382. The minimum absolute atomic E-state index is 0.0382. The maximum atomic E-state index is 12.1. The van der Waals surface area contributed by atoms with Gasteiger partial charge in [-0.1, -0.05) is 72.8 Å². The predicted molar refractivity (Wildman–Crippen MR) is 109 cm³/mol. The van der Waals surface area contributed by atoms with Crippen LogP contribution >= 0.6 is 0 Å². The summed E-state index contributed by atoms with van der Waals surface area (Å²) in [4.78, 5) is 12.1. The molecule has 0 bridgehead atoms. The predicted octanol–water partition coefficient (Wildman–Crippen LogP) is 4.04. The fourth-order valence-corrected chi connectivity index (χ4v) is 2.70. The van der Waals surface area contributed by atoms with Crippen molar-refractivity contribution in [3.63, 3.8) is 0 Å². The van der Waals surface area contributed by atoms with Crippen LogP contribution in [0.15, 0.2) is 84.9 Å². The van der Waals surface area contributed by atoms with Crippen LogP contribution in [0.4, 0.5) is 5.69 Å². The van der Waals surface area contributed by atoms with Crippen molar-refractivity contribution in [2.24, 2.45) is 0 Å². The SMILES string of the molecule is O=C(CNc1ccccc1OCc1ccccc1)NCCc1ccccc1. The third-order valence-electron chi connectivity index (χ3n) is 4.14. The normalized spacial score (nSPS) is 10.2. The Morgan fingerprint density at radius 2 is 1.41 bits per heavy atom. The highest BCUT2D eigenvalue weighted by molar-refractivity contribution is 5.81. The molecule has 2 N–H and O–H groups in total. The lowest BCUT2D eigenvalue weighted by Gasteiger charge is -2.13. The van der Waals surface area contributed by atoms with E-state index < -0.39 is 0 Å². The molecule has 3 rings (SSSR count). The van der Waals surface area contributed by atoms with Crippen molar-refractivity contribution in [3.05, 3.63) is 96.1 Å². The van der Waals surface area contributed by atoms with E-state index in [1.807, 2.05) is 72.8 Å². The number of anilines is 1. The lowest BCUT2D eigenvalue weighted by molar-refractivity contribution is -0.119. The molecule has 0 spiro atoms. The second-order valence-corrected chi connectivity index (χ2v) is 6.21. The van der Waals surface area contributed by atoms with Crippen LogP contribution in [-0.4, -0.2) is 19.0 Å². The van der Waals surface area contributed by atoms with E-state index in [0.29, 0.717) is 13.2 Å². The molecule has 1 amide bonds. The van der Waals surface area contributed by atoms with Crippen LogP contribution in [0.5, 0.6) is 5.75 Å². The zero-order chi connectivity index (χ0) is 18.7. The Morgan fingerprint density at radius 3 is 2.15 bits per heavy atom. The van der Waals surface area contributed by atoms with Gasteiger partial charge < -0.3 is 15.4 Å². The molecule has 0 aliphatic rings. The van der Waals surface area contributed by atoms with Crippen molar-refractivity contribution in [1.29, 1.82) is 0 Å². The summed E-state index contributed by atoms with van der Waals surface area (Å²) < 4.78 is 5.90. The standard InChI is InChI=1S/C23H24N2O2/c26-23(24-16-15-19-9-3-1-4-10-19)17-25-21-13-7-8-14-22(21)27-18-20-11-5-2-6-12-20/h1-14,25H,15-18H2,(H,24,26). The molecule has 138 valence electrons. The highest BCUT2D eigenvalue weighted by atomic mass is 16.5. The number of para-hydroxylation sites is 2. The third kappa shape index (κ3) is 6.19. The first kappa shape index (κ1) is 18.5. The number of hydrogen-bond donors (Lipinski definition) is 2. The van der Waals surface area contributed by atoms with Gasteiger partial charge in [-0.05, 0) is 29.7 Å². The molecule has 0 saturated carbocycles. The van der Waals surface area contributed by atoms with Crippen molar-refractivity contribution < 1.29 is 9.53 Å². The van der Waals surface area contributed by atoms with Gasteiger partial charge in [0, 0.05) is 6.54 Å². The fraction of sp³-hybridized carbons (Fsp3) is 0.174. The molecular formula is C23H24N2O2. The van der Waals surface area contributed by atoms with Crippen molar-refractivity contribution in [1.82, 2.24) is 5.32 Å². The Bertz CT molecular complexity index is 835. The smallest absolute Gasteiger partial charge is 0.239 e. The summed E-state index contributed by atoms with van der Waals surface area (Å²) in [7, 11) is 0. The van der Waals surface area contributed by atoms with Crippen LogP contribution in [0.2, 0.25) is 0 Å². The average molecular weight is 360 g/mol. The highest BCUT2D eigenvalue weighted by Gasteiger charge is 2.06. The topological polar surface area (TPSA) is 50.4 Å². The Kier molecular flexibility index (Phi) is 6.87. The summed E-state index contributed by atoms with van der Waals surface area (Å²) >= 11 is 0. The Hall–Kier alpha value is -3.27. The number of rotatable bonds is 9. The fourth-order valence-electron chi connectivity index (χ4n) is 2.70. The first-order chi connectivity index (χ1) is 13.3. The summed E-state index contributed by atoms with van der Waals surface area (Å²) in [5, 5.41) is 6.10. The first-order valence-electron chi connectivity index (χ1n) is 9.11. The van der Waals surface area contributed by atoms with Crippen molar-refractivity contribution in [2.45, 2.75) is 13.0 Å². The lowest BCUT2D eigenvalue weighted by Crippen LogP contribution is -2.31. The Balaban J connectivity index is 1.45. The van der Waals surface area contributed by atoms with E-state index in [-0.39, 0.29) is 12.5 Å². The summed E-state index contributed by atoms with van der Waals surface area (Å²) in [6, 6.07) is 27.8. The summed E-state index contributed by atoms with van der Waals surface area (Å²) in [6.45, 7) is 1.32. The van der Waals surface area contributed by atoms with E-state index >= 15 is 0 Å². The number of ether oxygens (including phenoxy) is 1. The van der Waals surface area contributed by atoms with Gasteiger partial charge in [0.1, 0.15) is 12.4 Å². The van der Waals surface area contributed by atoms with Gasteiger partial charge in [0.25, 0.3) is 0 Å². The van der Waals surface area contributed by atoms with Gasteiger partial charge in [-0.3, -0.25) is 4.79 Å². The Labute approximate surface area is 160 Å². The lowest BCUT2D eigenvalue weighted by atomic mass is 10.1. The zero-order valence-electron chi connectivity index (χ0n) is 15.2. The molecule has 0 aliphatic carbocycles. The summed E-state index contributed by atoms with van der Waals surface area (Å²) in [5.41, 5.74) is 3.13. The minimum Gasteiger partial charge on any atom is -0.487 e. The maximum absolute atomic E-state index is 12.1. The third-order valence-corrected chi connectivity index (χ3v) is 4.14. The molecule has 3 aromatic rings. The molecule has 4 heteroatoms. The van der Waals surface area contributed by atoms with Crippen LogP contribution in [0, 0.1) is 0 Å². The summed E-state index contributed by atoms with van der Waals surface area (Å²) in [5.74, 6) is 0.697. The largest absolute Gasteiger partial charge is 0.487 e. The number of hydrogen-bond acceptors (Lipinski definition) is 3. The van der Waals surface area contributed by atoms with Gasteiger partial charge in [-0.25, -0.2) is 0 Å². The second kappa shape index (κ2) is 10.0. The van der Waals surface area contributed by atoms with E-state index in [4.69, 9.17) is 4.74 Å². The molecule has 0 aromatic heterocycles. The van der Waals surface area contributed by atoms with Gasteiger partial charge in [-0.2, -0.15) is 0 Å². The number of nitrogens with one attached hydrogen (secondary N) is 2. The molecular weight excluding hydrogens is 336 g/mol. The molecule has 0 aliphatic heterocycles. The molecule has 4 nitrogen and oxygen atoms in total. The van der Waals surface area contributed by atoms with Crippen LogP contribution in [0.1, 0.15) is 11.1 Å². The first-order valence-corrected chi connectivity index (χ1v) is 9.11. The van der Waals surface area contributed by atoms with Gasteiger partial charge in [0.2, 0.25) is 5.91 Å². The van der Waals surface area contributed by atoms with Gasteiger partial charge >= 0.3 is 0 Å². The average Bonchev–Trinajstić information content (AvgIpc) is 2.73. The van der Waals surface area contributed by atoms with Crippen LogP contribution < -0.4 is 15.4 Å². The molecule has 0 radical (unpaired) electrons. The number of carbonyl (C=O) groups excluding carboxylic acids is 1. The molecule has 0 unspecified atom stereocenters. The zero-order valence-corrected chi connectivity index (χ0v) is 15.2. The molecule has 0 atom stereocenters. The Morgan fingerprint density at radius 1 is 0.778 bits per heavy atom. The molecule has 0 saturated heterocycles. The number of carbonyl (C=O) groups is 1. The van der Waals surface area contributed by atoms with Crippen LogP contribution in [-0.2, 0) is 17.8 Å². The maximum Gasteiger partial charge on any atom is 0.239 e. The van der Waals surface area contributed by atoms with Crippen molar-refractivity contribution >= 4 is 11.6 Å². The van der Waals surface area contributed by atoms with Crippen molar-refractivity contribution in [2.75, 3.05) is 18.4 Å². The quantitative estimate of drug-likeness (QED) is 0.606. The van der Waals surface area contributed by atoms with E-state index in [9.17, 15) is 4.79 Å². The van der Waals surface area contributed by atoms with E-state index in [0.717, 1.165) is 23.4 Å². The summed E-state index contributed by atoms with van der Waals surface area (Å²) in [6.07, 6.45) is 0.823.